The van der Waals surface area contributed by atoms with E-state index in [0.29, 0.717) is 37.0 Å². The van der Waals surface area contributed by atoms with Crippen LogP contribution in [0.4, 0.5) is 4.79 Å². The molecule has 3 fully saturated rings. The maximum atomic E-state index is 14.1. The number of hydrogen-bond donors (Lipinski definition) is 1. The highest BCUT2D eigenvalue weighted by Crippen LogP contribution is 2.43. The summed E-state index contributed by atoms with van der Waals surface area (Å²) in [6.45, 7) is 14.0. The van der Waals surface area contributed by atoms with Crippen molar-refractivity contribution in [3.05, 3.63) is 36.2 Å². The molecule has 3 saturated heterocycles. The zero-order valence-electron chi connectivity index (χ0n) is 34.0. The second kappa shape index (κ2) is 17.2. The minimum atomic E-state index is -1.21. The summed E-state index contributed by atoms with van der Waals surface area (Å²) in [5, 5.41) is 11.5. The molecular formula is C42H57N5O9. The summed E-state index contributed by atoms with van der Waals surface area (Å²) in [6.07, 6.45) is -1.41. The number of aromatic nitrogens is 2. The number of carbonyl (C=O) groups excluding carboxylic acids is 3. The van der Waals surface area contributed by atoms with Crippen molar-refractivity contribution >= 4 is 34.6 Å². The number of rotatable bonds is 6. The molecule has 1 aromatic carbocycles. The number of aliphatic hydroxyl groups is 1. The van der Waals surface area contributed by atoms with E-state index >= 15 is 0 Å². The van der Waals surface area contributed by atoms with Gasteiger partial charge in [-0.05, 0) is 52.9 Å². The Hall–Kier alpha value is -4.00. The second-order valence-corrected chi connectivity index (χ2v) is 16.2. The molecule has 14 heteroatoms. The van der Waals surface area contributed by atoms with Crippen molar-refractivity contribution in [1.82, 2.24) is 19.8 Å². The molecule has 304 valence electrons. The largest absolute Gasteiger partial charge is 0.458 e. The Morgan fingerprint density at radius 3 is 2.52 bits per heavy atom. The average molecular weight is 776 g/mol. The zero-order valence-corrected chi connectivity index (χ0v) is 34.0. The minimum absolute atomic E-state index is 0.0219. The van der Waals surface area contributed by atoms with Gasteiger partial charge in [-0.25, -0.2) is 4.79 Å². The lowest BCUT2D eigenvalue weighted by Gasteiger charge is -2.45. The Labute approximate surface area is 329 Å². The third-order valence-electron chi connectivity index (χ3n) is 12.3. The first kappa shape index (κ1) is 41.6. The summed E-state index contributed by atoms with van der Waals surface area (Å²) < 4.78 is 31.9. The molecule has 0 saturated carbocycles. The quantitative estimate of drug-likeness (QED) is 0.255. The third-order valence-corrected chi connectivity index (χ3v) is 12.3. The summed E-state index contributed by atoms with van der Waals surface area (Å²) in [7, 11) is 3.80. The molecule has 13 atom stereocenters. The molecule has 0 spiro atoms. The Bertz CT molecular complexity index is 1860. The first-order valence-corrected chi connectivity index (χ1v) is 19.9. The number of aliphatic hydroxyl groups excluding tert-OH is 1. The minimum Gasteiger partial charge on any atom is -0.458 e. The van der Waals surface area contributed by atoms with Gasteiger partial charge in [-0.1, -0.05) is 52.5 Å². The van der Waals surface area contributed by atoms with Gasteiger partial charge in [0.1, 0.15) is 36.5 Å². The van der Waals surface area contributed by atoms with E-state index in [1.54, 1.807) is 24.2 Å². The molecule has 1 N–H and O–H groups in total. The lowest BCUT2D eigenvalue weighted by atomic mass is 9.73. The first-order chi connectivity index (χ1) is 26.7. The van der Waals surface area contributed by atoms with Crippen LogP contribution in [0.15, 0.2) is 35.6 Å². The highest BCUT2D eigenvalue weighted by atomic mass is 16.7. The van der Waals surface area contributed by atoms with E-state index in [1.165, 1.54) is 0 Å². The number of hydrogen-bond acceptors (Lipinski definition) is 13. The van der Waals surface area contributed by atoms with Gasteiger partial charge in [0.25, 0.3) is 0 Å². The van der Waals surface area contributed by atoms with Gasteiger partial charge in [0.2, 0.25) is 0 Å². The van der Waals surface area contributed by atoms with Crippen molar-refractivity contribution in [1.29, 1.82) is 0 Å². The standard InChI is InChI=1S/C42H57N5O9/c1-10-32-42(7)39-26(5)34(45-18-19-47(39)41(51)56-42)25(4)37(52-20-12-14-28-13-11-15-29-35(28)44-17-16-43-29)27(6)38(24(3)31(48)22-33(49)54-32)55-40-36(50)30(46(8)9)21-23(2)53-40/h11,13,15-17,23-27,30,32,36-40,50H,10,18-22H2,1-9H3/t23-,24+,25+,26-,27-,30+,32+,36-,37+,38-,39?,40+,42-/m1/s1. The molecule has 1 aromatic heterocycles. The van der Waals surface area contributed by atoms with E-state index in [4.69, 9.17) is 28.7 Å². The van der Waals surface area contributed by atoms with Crippen LogP contribution in [0.2, 0.25) is 0 Å². The van der Waals surface area contributed by atoms with Gasteiger partial charge in [0.05, 0.1) is 42.0 Å². The molecule has 1 unspecified atom stereocenters. The fraction of sp³-hybridized carbons (Fsp3) is 0.667. The summed E-state index contributed by atoms with van der Waals surface area (Å²) in [5.74, 6) is 3.20. The second-order valence-electron chi connectivity index (χ2n) is 16.2. The van der Waals surface area contributed by atoms with Crippen LogP contribution in [0.1, 0.15) is 73.3 Å². The summed E-state index contributed by atoms with van der Waals surface area (Å²) in [5.41, 5.74) is 1.73. The van der Waals surface area contributed by atoms with Gasteiger partial charge in [0.15, 0.2) is 11.9 Å². The van der Waals surface area contributed by atoms with Gasteiger partial charge in [-0.3, -0.25) is 29.4 Å². The monoisotopic (exact) mass is 775 g/mol. The van der Waals surface area contributed by atoms with E-state index in [2.05, 4.69) is 21.8 Å². The molecule has 4 aliphatic rings. The van der Waals surface area contributed by atoms with Crippen molar-refractivity contribution in [3.63, 3.8) is 0 Å². The Morgan fingerprint density at radius 2 is 1.79 bits per heavy atom. The van der Waals surface area contributed by atoms with Crippen LogP contribution in [0.5, 0.6) is 0 Å². The van der Waals surface area contributed by atoms with Crippen molar-refractivity contribution in [3.8, 4) is 11.8 Å². The molecule has 5 heterocycles. The number of ketones is 1. The fourth-order valence-corrected chi connectivity index (χ4v) is 9.40. The number of likely N-dealkylation sites (N-methyl/N-ethyl adjacent to an activating group) is 1. The average Bonchev–Trinajstić information content (AvgIpc) is 3.29. The van der Waals surface area contributed by atoms with Crippen LogP contribution in [0.25, 0.3) is 11.0 Å². The van der Waals surface area contributed by atoms with E-state index in [1.807, 2.05) is 78.7 Å². The molecule has 6 rings (SSSR count). The number of cyclic esters (lactones) is 1. The van der Waals surface area contributed by atoms with Gasteiger partial charge in [-0.15, -0.1) is 0 Å². The SMILES string of the molecule is CC[C@@H]1OC(=O)CC(=O)[C@H](C)[C@@H](O[C@@H]2O[C@H](C)C[C@H](N(C)C)[C@H]2O)[C@H](C)[C@@H](OCC#Cc2cccc3nccnc23)[C@@H](C)C2=NCCN3C(=O)O[C@@]1(C)C3[C@@H]2C. The Morgan fingerprint density at radius 1 is 1.04 bits per heavy atom. The number of benzene rings is 1. The maximum Gasteiger partial charge on any atom is 0.410 e. The lowest BCUT2D eigenvalue weighted by Crippen LogP contribution is -2.58. The first-order valence-electron chi connectivity index (χ1n) is 19.9. The fourth-order valence-electron chi connectivity index (χ4n) is 9.40. The number of fused-ring (bicyclic) bond motifs is 2. The number of para-hydroxylation sites is 1. The molecule has 4 aliphatic heterocycles. The number of amides is 1. The van der Waals surface area contributed by atoms with E-state index in [9.17, 15) is 19.5 Å². The van der Waals surface area contributed by atoms with Crippen molar-refractivity contribution in [2.75, 3.05) is 33.8 Å². The van der Waals surface area contributed by atoms with Gasteiger partial charge in [0, 0.05) is 54.4 Å². The number of carbonyl (C=O) groups is 3. The number of esters is 1. The van der Waals surface area contributed by atoms with Crippen molar-refractivity contribution < 1.29 is 43.2 Å². The summed E-state index contributed by atoms with van der Waals surface area (Å²) in [6, 6.07) is 4.88. The third kappa shape index (κ3) is 8.20. The normalized spacial score (nSPS) is 36.9. The van der Waals surface area contributed by atoms with Gasteiger partial charge in [-0.2, -0.15) is 0 Å². The number of nitrogens with zero attached hydrogens (tertiary/aromatic N) is 5. The molecule has 2 bridgehead atoms. The van der Waals surface area contributed by atoms with Crippen LogP contribution < -0.4 is 0 Å². The van der Waals surface area contributed by atoms with Crippen LogP contribution in [-0.4, -0.2) is 137 Å². The summed E-state index contributed by atoms with van der Waals surface area (Å²) in [4.78, 5) is 58.8. The maximum absolute atomic E-state index is 14.1. The van der Waals surface area contributed by atoms with Crippen molar-refractivity contribution in [2.24, 2.45) is 28.7 Å². The van der Waals surface area contributed by atoms with Crippen LogP contribution in [0.3, 0.4) is 0 Å². The molecule has 0 radical (unpaired) electrons. The molecular weight excluding hydrogens is 718 g/mol. The predicted octanol–water partition coefficient (Wildman–Crippen LogP) is 4.05. The highest BCUT2D eigenvalue weighted by Gasteiger charge is 2.60. The lowest BCUT2D eigenvalue weighted by molar-refractivity contribution is -0.281. The molecule has 0 aliphatic carbocycles. The van der Waals surface area contributed by atoms with Crippen LogP contribution >= 0.6 is 0 Å². The Balaban J connectivity index is 1.41. The van der Waals surface area contributed by atoms with Crippen molar-refractivity contribution in [2.45, 2.75) is 122 Å². The number of aliphatic imine (C=N–C) groups is 1. The Kier molecular flexibility index (Phi) is 12.8. The number of ether oxygens (including phenoxy) is 5. The van der Waals surface area contributed by atoms with E-state index in [-0.39, 0.29) is 30.6 Å². The van der Waals surface area contributed by atoms with Crippen LogP contribution in [-0.2, 0) is 33.3 Å². The van der Waals surface area contributed by atoms with Crippen LogP contribution in [0, 0.1) is 35.5 Å². The van der Waals surface area contributed by atoms with Gasteiger partial charge < -0.3 is 33.7 Å². The zero-order chi connectivity index (χ0) is 40.5. The molecule has 14 nitrogen and oxygen atoms in total. The molecule has 1 amide bonds. The topological polar surface area (TPSA) is 162 Å². The summed E-state index contributed by atoms with van der Waals surface area (Å²) >= 11 is 0. The highest BCUT2D eigenvalue weighted by molar-refractivity contribution is 5.97. The van der Waals surface area contributed by atoms with E-state index < -0.39 is 78.5 Å². The smallest absolute Gasteiger partial charge is 0.410 e. The predicted molar refractivity (Wildman–Crippen MR) is 208 cm³/mol. The van der Waals surface area contributed by atoms with Gasteiger partial charge >= 0.3 is 12.1 Å². The molecule has 56 heavy (non-hydrogen) atoms. The molecule has 2 aromatic rings. The van der Waals surface area contributed by atoms with E-state index in [0.717, 1.165) is 11.2 Å². The number of Topliss-reactive ketones (excluding diaryl/α,β-unsaturated/α-hetero) is 1.